The summed E-state index contributed by atoms with van der Waals surface area (Å²) in [6.45, 7) is 9.88. The van der Waals surface area contributed by atoms with Gasteiger partial charge in [0.2, 0.25) is 0 Å². The highest BCUT2D eigenvalue weighted by Crippen LogP contribution is 2.29. The van der Waals surface area contributed by atoms with Crippen molar-refractivity contribution in [3.8, 4) is 0 Å². The summed E-state index contributed by atoms with van der Waals surface area (Å²) in [4.78, 5) is 0. The molecule has 0 aromatic heterocycles. The molecule has 1 aromatic rings. The van der Waals surface area contributed by atoms with E-state index in [1.807, 2.05) is 19.9 Å². The Bertz CT molecular complexity index is 737. The lowest BCUT2D eigenvalue weighted by molar-refractivity contribution is 0.0680. The summed E-state index contributed by atoms with van der Waals surface area (Å²) >= 11 is 0. The molecular weight excluding hydrogens is 360 g/mol. The molecule has 0 radical (unpaired) electrons. The van der Waals surface area contributed by atoms with Crippen molar-refractivity contribution in [1.29, 1.82) is 0 Å². The quantitative estimate of drug-likeness (QED) is 0.491. The molecule has 2 rings (SSSR count). The molecule has 0 amide bonds. The van der Waals surface area contributed by atoms with Gasteiger partial charge in [0.05, 0.1) is 17.8 Å². The fraction of sp³-hybridized carbons (Fsp3) is 0.538. The fourth-order valence-corrected chi connectivity index (χ4v) is 3.87. The van der Waals surface area contributed by atoms with E-state index in [-0.39, 0.29) is 0 Å². The molecule has 29 heavy (non-hydrogen) atoms. The van der Waals surface area contributed by atoms with Crippen molar-refractivity contribution in [3.05, 3.63) is 65.3 Å². The monoisotopic (exact) mass is 398 g/mol. The molecule has 0 saturated heterocycles. The number of aliphatic hydroxyl groups excluding tert-OH is 2. The maximum Gasteiger partial charge on any atom is 0.0811 e. The minimum absolute atomic E-state index is 0.373. The average molecular weight is 399 g/mol. The molecular formula is C26H38O3. The van der Waals surface area contributed by atoms with E-state index in [1.165, 1.54) is 16.7 Å². The van der Waals surface area contributed by atoms with Crippen molar-refractivity contribution in [2.45, 2.75) is 89.9 Å². The molecule has 0 spiro atoms. The summed E-state index contributed by atoms with van der Waals surface area (Å²) in [6, 6.07) is 8.71. The Hall–Kier alpha value is -1.68. The molecule has 2 atom stereocenters. The van der Waals surface area contributed by atoms with Gasteiger partial charge in [0, 0.05) is 6.42 Å². The number of rotatable bonds is 9. The van der Waals surface area contributed by atoms with E-state index in [9.17, 15) is 15.3 Å². The van der Waals surface area contributed by atoms with Gasteiger partial charge in [0.1, 0.15) is 0 Å². The highest BCUT2D eigenvalue weighted by atomic mass is 16.3. The molecule has 3 heteroatoms. The molecule has 1 saturated carbocycles. The van der Waals surface area contributed by atoms with Gasteiger partial charge in [-0.1, -0.05) is 62.8 Å². The molecule has 3 nitrogen and oxygen atoms in total. The van der Waals surface area contributed by atoms with Crippen molar-refractivity contribution >= 4 is 5.57 Å². The van der Waals surface area contributed by atoms with Crippen LogP contribution in [0.4, 0.5) is 0 Å². The Morgan fingerprint density at radius 2 is 1.97 bits per heavy atom. The zero-order chi connectivity index (χ0) is 21.4. The number of aryl methyl sites for hydroxylation is 1. The molecule has 1 fully saturated rings. The second kappa shape index (κ2) is 10.9. The van der Waals surface area contributed by atoms with Crippen molar-refractivity contribution < 1.29 is 15.3 Å². The Kier molecular flexibility index (Phi) is 8.88. The highest BCUT2D eigenvalue weighted by Gasteiger charge is 2.24. The first kappa shape index (κ1) is 23.6. The van der Waals surface area contributed by atoms with E-state index in [0.717, 1.165) is 49.7 Å². The van der Waals surface area contributed by atoms with Crippen LogP contribution in [0.3, 0.4) is 0 Å². The van der Waals surface area contributed by atoms with Crippen LogP contribution in [0.2, 0.25) is 0 Å². The average Bonchev–Trinajstić information content (AvgIpc) is 2.65. The second-order valence-electron chi connectivity index (χ2n) is 8.95. The predicted octanol–water partition coefficient (Wildman–Crippen LogP) is 5.35. The maximum absolute atomic E-state index is 10.0. The SMILES string of the molecule is C=C1C(=CC=C(CC)c2cccc(CCCCCC(C)(C)O)c2)CC(O)CC1O. The normalized spacial score (nSPS) is 22.3. The Labute approximate surface area is 176 Å². The molecule has 2 unspecified atom stereocenters. The summed E-state index contributed by atoms with van der Waals surface area (Å²) in [5, 5.41) is 29.8. The number of unbranched alkanes of at least 4 members (excludes halogenated alkanes) is 2. The minimum atomic E-state index is -0.650. The Morgan fingerprint density at radius 1 is 1.21 bits per heavy atom. The third kappa shape index (κ3) is 7.93. The van der Waals surface area contributed by atoms with Gasteiger partial charge in [-0.2, -0.15) is 0 Å². The predicted molar refractivity (Wildman–Crippen MR) is 122 cm³/mol. The van der Waals surface area contributed by atoms with Crippen LogP contribution in [0.1, 0.15) is 76.8 Å². The number of aliphatic hydroxyl groups is 3. The first-order valence-corrected chi connectivity index (χ1v) is 11.0. The van der Waals surface area contributed by atoms with E-state index in [1.54, 1.807) is 0 Å². The van der Waals surface area contributed by atoms with Crippen molar-refractivity contribution in [3.63, 3.8) is 0 Å². The van der Waals surface area contributed by atoms with Gasteiger partial charge >= 0.3 is 0 Å². The summed E-state index contributed by atoms with van der Waals surface area (Å²) in [7, 11) is 0. The van der Waals surface area contributed by atoms with Gasteiger partial charge in [-0.3, -0.25) is 0 Å². The lowest BCUT2D eigenvalue weighted by atomic mass is 9.86. The van der Waals surface area contributed by atoms with Gasteiger partial charge in [-0.05, 0) is 73.8 Å². The van der Waals surface area contributed by atoms with Gasteiger partial charge in [0.25, 0.3) is 0 Å². The molecule has 1 aromatic carbocycles. The molecule has 0 bridgehead atoms. The highest BCUT2D eigenvalue weighted by molar-refractivity contribution is 5.68. The maximum atomic E-state index is 10.0. The van der Waals surface area contributed by atoms with Crippen LogP contribution < -0.4 is 0 Å². The van der Waals surface area contributed by atoms with Crippen LogP contribution in [-0.4, -0.2) is 33.1 Å². The van der Waals surface area contributed by atoms with E-state index in [2.05, 4.69) is 43.8 Å². The van der Waals surface area contributed by atoms with E-state index < -0.39 is 17.8 Å². The zero-order valence-corrected chi connectivity index (χ0v) is 18.3. The standard InChI is InChI=1S/C26H38O3/c1-5-21(13-14-22-17-24(27)18-25(28)19(22)2)23-12-9-11-20(16-23)10-7-6-8-15-26(3,4)29/h9,11-14,16,24-25,27-29H,2,5-8,10,15,17-18H2,1,3-4H3. The topological polar surface area (TPSA) is 60.7 Å². The van der Waals surface area contributed by atoms with Crippen LogP contribution in [0.25, 0.3) is 5.57 Å². The lowest BCUT2D eigenvalue weighted by Gasteiger charge is -2.26. The van der Waals surface area contributed by atoms with Gasteiger partial charge in [-0.25, -0.2) is 0 Å². The third-order valence-corrected chi connectivity index (χ3v) is 5.68. The molecule has 1 aliphatic rings. The van der Waals surface area contributed by atoms with Crippen LogP contribution in [0.5, 0.6) is 0 Å². The summed E-state index contributed by atoms with van der Waals surface area (Å²) in [5.74, 6) is 0. The van der Waals surface area contributed by atoms with Crippen molar-refractivity contribution in [2.24, 2.45) is 0 Å². The number of allylic oxidation sites excluding steroid dienone is 3. The summed E-state index contributed by atoms with van der Waals surface area (Å²) < 4.78 is 0. The number of hydrogen-bond donors (Lipinski definition) is 3. The second-order valence-corrected chi connectivity index (χ2v) is 8.95. The Balaban J connectivity index is 2.02. The molecule has 1 aliphatic carbocycles. The fourth-order valence-electron chi connectivity index (χ4n) is 3.87. The van der Waals surface area contributed by atoms with Crippen molar-refractivity contribution in [2.75, 3.05) is 0 Å². The van der Waals surface area contributed by atoms with Crippen LogP contribution >= 0.6 is 0 Å². The third-order valence-electron chi connectivity index (χ3n) is 5.68. The molecule has 0 heterocycles. The minimum Gasteiger partial charge on any atom is -0.393 e. The van der Waals surface area contributed by atoms with E-state index >= 15 is 0 Å². The Morgan fingerprint density at radius 3 is 2.66 bits per heavy atom. The van der Waals surface area contributed by atoms with Crippen LogP contribution in [0, 0.1) is 0 Å². The zero-order valence-electron chi connectivity index (χ0n) is 18.3. The van der Waals surface area contributed by atoms with Gasteiger partial charge in [-0.15, -0.1) is 0 Å². The van der Waals surface area contributed by atoms with Gasteiger partial charge < -0.3 is 15.3 Å². The number of benzene rings is 1. The van der Waals surface area contributed by atoms with Gasteiger partial charge in [0.15, 0.2) is 0 Å². The molecule has 0 aliphatic heterocycles. The summed E-state index contributed by atoms with van der Waals surface area (Å²) in [5.41, 5.74) is 4.90. The van der Waals surface area contributed by atoms with E-state index in [0.29, 0.717) is 12.8 Å². The van der Waals surface area contributed by atoms with E-state index in [4.69, 9.17) is 0 Å². The van der Waals surface area contributed by atoms with Crippen LogP contribution in [-0.2, 0) is 6.42 Å². The first-order chi connectivity index (χ1) is 13.7. The summed E-state index contributed by atoms with van der Waals surface area (Å²) in [6.07, 6.45) is 10.0. The van der Waals surface area contributed by atoms with Crippen molar-refractivity contribution in [1.82, 2.24) is 0 Å². The number of hydrogen-bond acceptors (Lipinski definition) is 3. The first-order valence-electron chi connectivity index (χ1n) is 11.0. The smallest absolute Gasteiger partial charge is 0.0811 e. The largest absolute Gasteiger partial charge is 0.393 e. The molecule has 160 valence electrons. The lowest BCUT2D eigenvalue weighted by Crippen LogP contribution is -2.26. The molecule has 3 N–H and O–H groups in total. The van der Waals surface area contributed by atoms with Crippen LogP contribution in [0.15, 0.2) is 54.1 Å².